The summed E-state index contributed by atoms with van der Waals surface area (Å²) in [5, 5.41) is 1.31. The maximum atomic E-state index is 6.14. The Morgan fingerprint density at radius 3 is 2.38 bits per heavy atom. The number of halogens is 1. The third-order valence-electron chi connectivity index (χ3n) is 2.76. The lowest BCUT2D eigenvalue weighted by atomic mass is 10.0. The van der Waals surface area contributed by atoms with Gasteiger partial charge < -0.3 is 11.5 Å². The third-order valence-corrected chi connectivity index (χ3v) is 3.04. The van der Waals surface area contributed by atoms with Gasteiger partial charge in [0.2, 0.25) is 5.95 Å². The van der Waals surface area contributed by atoms with Crippen molar-refractivity contribution in [2.45, 2.75) is 34.1 Å². The third kappa shape index (κ3) is 4.80. The van der Waals surface area contributed by atoms with Crippen molar-refractivity contribution in [3.63, 3.8) is 0 Å². The minimum Gasteiger partial charge on any atom is -0.397 e. The molecule has 0 aliphatic carbocycles. The van der Waals surface area contributed by atoms with E-state index in [1.165, 1.54) is 12.6 Å². The Morgan fingerprint density at radius 1 is 1.04 bits per heavy atom. The molecule has 3 rings (SSSR count). The molecule has 2 heterocycles. The summed E-state index contributed by atoms with van der Waals surface area (Å²) >= 11 is 6.14. The number of benzene rings is 1. The summed E-state index contributed by atoms with van der Waals surface area (Å²) < 4.78 is 0. The molecule has 5 nitrogen and oxygen atoms in total. The highest BCUT2D eigenvalue weighted by Gasteiger charge is 2.11. The van der Waals surface area contributed by atoms with Crippen LogP contribution < -0.4 is 11.5 Å². The molecule has 0 spiro atoms. The Kier molecular flexibility index (Phi) is 7.92. The predicted octanol–water partition coefficient (Wildman–Crippen LogP) is 4.95. The summed E-state index contributed by atoms with van der Waals surface area (Å²) in [5.41, 5.74) is 14.2. The fourth-order valence-electron chi connectivity index (χ4n) is 1.94. The maximum Gasteiger partial charge on any atom is 0.220 e. The normalized spacial score (nSPS) is 9.54. The van der Waals surface area contributed by atoms with Gasteiger partial charge in [0.25, 0.3) is 0 Å². The van der Waals surface area contributed by atoms with Gasteiger partial charge in [-0.2, -0.15) is 0 Å². The number of nitrogen functional groups attached to an aromatic ring is 2. The molecule has 3 aromatic rings. The van der Waals surface area contributed by atoms with Gasteiger partial charge in [0.15, 0.2) is 0 Å². The van der Waals surface area contributed by atoms with Crippen molar-refractivity contribution in [3.8, 4) is 11.3 Å². The predicted molar refractivity (Wildman–Crippen MR) is 104 cm³/mol. The van der Waals surface area contributed by atoms with Crippen molar-refractivity contribution in [1.29, 1.82) is 0 Å². The molecule has 1 aromatic carbocycles. The standard InChI is InChI=1S/C13H10ClN5.C3H8.C2H6/c14-10-6-18-13(16)19-12(10)8-2-1-3-11-9(8)4-7(15)5-17-11;1-3-2;1-2/h1-6H,15H2,(H2,16,18,19);3H2,1-2H3;1-2H3. The second-order valence-corrected chi connectivity index (χ2v) is 5.18. The van der Waals surface area contributed by atoms with Crippen molar-refractivity contribution in [2.75, 3.05) is 11.5 Å². The second-order valence-electron chi connectivity index (χ2n) is 4.77. The van der Waals surface area contributed by atoms with Crippen LogP contribution >= 0.6 is 11.6 Å². The fraction of sp³-hybridized carbons (Fsp3) is 0.278. The van der Waals surface area contributed by atoms with Crippen LogP contribution in [0.5, 0.6) is 0 Å². The zero-order valence-corrected chi connectivity index (χ0v) is 15.3. The van der Waals surface area contributed by atoms with E-state index in [0.29, 0.717) is 16.4 Å². The maximum absolute atomic E-state index is 6.14. The molecular formula is C18H24ClN5. The molecule has 2 aromatic heterocycles. The summed E-state index contributed by atoms with van der Waals surface area (Å²) in [6, 6.07) is 7.52. The Bertz CT molecular complexity index is 789. The number of nitrogens with two attached hydrogens (primary N) is 2. The van der Waals surface area contributed by atoms with Crippen molar-refractivity contribution >= 4 is 34.1 Å². The molecule has 128 valence electrons. The zero-order valence-electron chi connectivity index (χ0n) is 14.5. The highest BCUT2D eigenvalue weighted by Crippen LogP contribution is 2.32. The average Bonchev–Trinajstić information content (AvgIpc) is 2.59. The molecule has 0 amide bonds. The van der Waals surface area contributed by atoms with E-state index in [4.69, 9.17) is 23.1 Å². The molecule has 0 unspecified atom stereocenters. The van der Waals surface area contributed by atoms with Crippen molar-refractivity contribution in [3.05, 3.63) is 41.7 Å². The van der Waals surface area contributed by atoms with Gasteiger partial charge in [-0.15, -0.1) is 0 Å². The van der Waals surface area contributed by atoms with E-state index in [9.17, 15) is 0 Å². The van der Waals surface area contributed by atoms with Crippen molar-refractivity contribution < 1.29 is 0 Å². The van der Waals surface area contributed by atoms with Gasteiger partial charge in [0.1, 0.15) is 0 Å². The number of anilines is 2. The summed E-state index contributed by atoms with van der Waals surface area (Å²) in [6.07, 6.45) is 4.35. The lowest BCUT2D eigenvalue weighted by Crippen LogP contribution is -1.97. The van der Waals surface area contributed by atoms with E-state index in [1.807, 2.05) is 38.1 Å². The van der Waals surface area contributed by atoms with Gasteiger partial charge in [0, 0.05) is 10.9 Å². The molecule has 0 saturated heterocycles. The molecule has 4 N–H and O–H groups in total. The molecule has 0 saturated carbocycles. The van der Waals surface area contributed by atoms with Crippen LogP contribution in [0.4, 0.5) is 11.6 Å². The first kappa shape index (κ1) is 19.6. The molecule has 0 radical (unpaired) electrons. The van der Waals surface area contributed by atoms with Crippen molar-refractivity contribution in [1.82, 2.24) is 15.0 Å². The van der Waals surface area contributed by atoms with Crippen LogP contribution in [0.2, 0.25) is 5.02 Å². The number of hydrogen-bond acceptors (Lipinski definition) is 5. The fourth-order valence-corrected chi connectivity index (χ4v) is 2.13. The van der Waals surface area contributed by atoms with E-state index in [0.717, 1.165) is 16.5 Å². The summed E-state index contributed by atoms with van der Waals surface area (Å²) in [4.78, 5) is 12.3. The molecule has 0 fully saturated rings. The number of aromatic nitrogens is 3. The molecule has 6 heteroatoms. The first-order valence-corrected chi connectivity index (χ1v) is 8.37. The highest BCUT2D eigenvalue weighted by molar-refractivity contribution is 6.33. The minimum absolute atomic E-state index is 0.174. The van der Waals surface area contributed by atoms with E-state index >= 15 is 0 Å². The van der Waals surface area contributed by atoms with Gasteiger partial charge >= 0.3 is 0 Å². The number of fused-ring (bicyclic) bond motifs is 1. The van der Waals surface area contributed by atoms with E-state index < -0.39 is 0 Å². The molecule has 24 heavy (non-hydrogen) atoms. The SMILES string of the molecule is CC.CCC.Nc1cnc2cccc(-c3nc(N)ncc3Cl)c2c1. The highest BCUT2D eigenvalue weighted by atomic mass is 35.5. The Hall–Kier alpha value is -2.40. The summed E-state index contributed by atoms with van der Waals surface area (Å²) in [6.45, 7) is 8.25. The van der Waals surface area contributed by atoms with Crippen LogP contribution in [-0.4, -0.2) is 15.0 Å². The van der Waals surface area contributed by atoms with Crippen LogP contribution in [0.1, 0.15) is 34.1 Å². The minimum atomic E-state index is 0.174. The van der Waals surface area contributed by atoms with Crippen LogP contribution in [0.3, 0.4) is 0 Å². The van der Waals surface area contributed by atoms with Gasteiger partial charge in [-0.1, -0.05) is 57.8 Å². The molecule has 0 aliphatic rings. The second kappa shape index (κ2) is 9.67. The molecule has 0 atom stereocenters. The average molecular weight is 346 g/mol. The topological polar surface area (TPSA) is 90.7 Å². The van der Waals surface area contributed by atoms with Crippen molar-refractivity contribution in [2.24, 2.45) is 0 Å². The number of nitrogens with zero attached hydrogens (tertiary/aromatic N) is 3. The molecule has 0 aliphatic heterocycles. The van der Waals surface area contributed by atoms with Crippen LogP contribution in [0, 0.1) is 0 Å². The summed E-state index contributed by atoms with van der Waals surface area (Å²) in [5.74, 6) is 0.174. The monoisotopic (exact) mass is 345 g/mol. The van der Waals surface area contributed by atoms with Crippen LogP contribution in [0.25, 0.3) is 22.2 Å². The lowest BCUT2D eigenvalue weighted by molar-refractivity contribution is 1.09. The van der Waals surface area contributed by atoms with E-state index in [1.54, 1.807) is 6.20 Å². The molecule has 0 bridgehead atoms. The van der Waals surface area contributed by atoms with Crippen LogP contribution in [-0.2, 0) is 0 Å². The van der Waals surface area contributed by atoms with E-state index in [2.05, 4.69) is 28.8 Å². The first-order valence-electron chi connectivity index (χ1n) is 7.99. The Morgan fingerprint density at radius 2 is 1.71 bits per heavy atom. The largest absolute Gasteiger partial charge is 0.397 e. The van der Waals surface area contributed by atoms with E-state index in [-0.39, 0.29) is 5.95 Å². The van der Waals surface area contributed by atoms with Gasteiger partial charge in [-0.05, 0) is 12.1 Å². The van der Waals surface area contributed by atoms with Crippen LogP contribution in [0.15, 0.2) is 36.7 Å². The number of hydrogen-bond donors (Lipinski definition) is 2. The van der Waals surface area contributed by atoms with Gasteiger partial charge in [-0.25, -0.2) is 9.97 Å². The zero-order chi connectivity index (χ0) is 18.1. The first-order chi connectivity index (χ1) is 11.6. The Labute approximate surface area is 148 Å². The lowest BCUT2D eigenvalue weighted by Gasteiger charge is -2.08. The smallest absolute Gasteiger partial charge is 0.220 e. The quantitative estimate of drug-likeness (QED) is 0.651. The van der Waals surface area contributed by atoms with Gasteiger partial charge in [0.05, 0.1) is 34.3 Å². The van der Waals surface area contributed by atoms with Gasteiger partial charge in [-0.3, -0.25) is 4.98 Å². The molecular weight excluding hydrogens is 322 g/mol. The summed E-state index contributed by atoms with van der Waals surface area (Å²) in [7, 11) is 0. The number of rotatable bonds is 1. The Balaban J connectivity index is 0.000000521. The number of pyridine rings is 1.